The van der Waals surface area contributed by atoms with Crippen molar-refractivity contribution in [2.45, 2.75) is 13.3 Å². The zero-order valence-electron chi connectivity index (χ0n) is 8.90. The molecule has 2 N–H and O–H groups in total. The Morgan fingerprint density at radius 1 is 1.20 bits per heavy atom. The lowest BCUT2D eigenvalue weighted by Crippen LogP contribution is -1.96. The van der Waals surface area contributed by atoms with Gasteiger partial charge in [-0.1, -0.05) is 48.6 Å². The fraction of sp³-hybridized carbons (Fsp3) is 0.143. The summed E-state index contributed by atoms with van der Waals surface area (Å²) in [5, 5.41) is 0. The molecule has 0 atom stereocenters. The van der Waals surface area contributed by atoms with E-state index in [0.29, 0.717) is 0 Å². The molecule has 1 nitrogen and oxygen atoms in total. The third kappa shape index (κ3) is 1.86. The standard InChI is InChI=1S/C14H15N/c1-2-3-4-9-13-12-8-6-5-7-11(12)10-14(13)15/h2-9H,10,15H2,1H3/b3-2+,9-4-. The van der Waals surface area contributed by atoms with E-state index in [9.17, 15) is 0 Å². The Morgan fingerprint density at radius 2 is 2.00 bits per heavy atom. The maximum Gasteiger partial charge on any atom is 0.0205 e. The Labute approximate surface area is 90.6 Å². The fourth-order valence-corrected chi connectivity index (χ4v) is 1.87. The van der Waals surface area contributed by atoms with Crippen molar-refractivity contribution in [1.82, 2.24) is 0 Å². The van der Waals surface area contributed by atoms with E-state index in [1.54, 1.807) is 0 Å². The van der Waals surface area contributed by atoms with Gasteiger partial charge < -0.3 is 5.73 Å². The van der Waals surface area contributed by atoms with E-state index in [1.165, 1.54) is 16.7 Å². The summed E-state index contributed by atoms with van der Waals surface area (Å²) in [5.74, 6) is 0. The molecule has 0 bridgehead atoms. The van der Waals surface area contributed by atoms with Crippen LogP contribution in [-0.2, 0) is 6.42 Å². The summed E-state index contributed by atoms with van der Waals surface area (Å²) in [5.41, 5.74) is 10.8. The van der Waals surface area contributed by atoms with Crippen LogP contribution in [0.4, 0.5) is 0 Å². The molecule has 0 heterocycles. The van der Waals surface area contributed by atoms with Crippen molar-refractivity contribution in [3.8, 4) is 0 Å². The van der Waals surface area contributed by atoms with Gasteiger partial charge in [0.05, 0.1) is 0 Å². The van der Waals surface area contributed by atoms with Crippen LogP contribution in [0.15, 0.2) is 54.3 Å². The number of hydrogen-bond acceptors (Lipinski definition) is 1. The lowest BCUT2D eigenvalue weighted by atomic mass is 10.1. The predicted molar refractivity (Wildman–Crippen MR) is 65.2 cm³/mol. The van der Waals surface area contributed by atoms with Gasteiger partial charge in [-0.05, 0) is 18.1 Å². The number of hydrogen-bond donors (Lipinski definition) is 1. The Hall–Kier alpha value is -1.76. The van der Waals surface area contributed by atoms with Gasteiger partial charge in [0.15, 0.2) is 0 Å². The fourth-order valence-electron chi connectivity index (χ4n) is 1.87. The molecule has 0 aliphatic heterocycles. The van der Waals surface area contributed by atoms with Crippen molar-refractivity contribution in [2.75, 3.05) is 0 Å². The van der Waals surface area contributed by atoms with Crippen LogP contribution in [-0.4, -0.2) is 0 Å². The Bertz CT molecular complexity index is 450. The molecular weight excluding hydrogens is 182 g/mol. The summed E-state index contributed by atoms with van der Waals surface area (Å²) in [6.07, 6.45) is 9.02. The molecule has 0 spiro atoms. The predicted octanol–water partition coefficient (Wildman–Crippen LogP) is 3.04. The highest BCUT2D eigenvalue weighted by atomic mass is 14.6. The normalized spacial score (nSPS) is 15.5. The first-order valence-corrected chi connectivity index (χ1v) is 5.19. The van der Waals surface area contributed by atoms with Crippen molar-refractivity contribution in [3.05, 3.63) is 65.4 Å². The lowest BCUT2D eigenvalue weighted by molar-refractivity contribution is 1.16. The highest BCUT2D eigenvalue weighted by Gasteiger charge is 2.16. The molecule has 76 valence electrons. The van der Waals surface area contributed by atoms with Gasteiger partial charge in [-0.15, -0.1) is 0 Å². The summed E-state index contributed by atoms with van der Waals surface area (Å²) in [7, 11) is 0. The van der Waals surface area contributed by atoms with Crippen molar-refractivity contribution in [2.24, 2.45) is 5.73 Å². The molecule has 0 saturated heterocycles. The van der Waals surface area contributed by atoms with E-state index in [2.05, 4.69) is 30.3 Å². The van der Waals surface area contributed by atoms with Crippen LogP contribution in [0.5, 0.6) is 0 Å². The molecular formula is C14H15N. The number of fused-ring (bicyclic) bond motifs is 1. The first kappa shape index (κ1) is 9.78. The zero-order valence-corrected chi connectivity index (χ0v) is 8.90. The molecule has 1 heteroatoms. The summed E-state index contributed by atoms with van der Waals surface area (Å²) in [4.78, 5) is 0. The Morgan fingerprint density at radius 3 is 2.80 bits per heavy atom. The molecule has 0 aromatic heterocycles. The van der Waals surface area contributed by atoms with Crippen LogP contribution in [0.3, 0.4) is 0 Å². The second kappa shape index (κ2) is 4.18. The van der Waals surface area contributed by atoms with E-state index in [4.69, 9.17) is 5.73 Å². The minimum Gasteiger partial charge on any atom is -0.401 e. The zero-order chi connectivity index (χ0) is 10.7. The average molecular weight is 197 g/mol. The smallest absolute Gasteiger partial charge is 0.0205 e. The van der Waals surface area contributed by atoms with E-state index in [0.717, 1.165) is 12.1 Å². The van der Waals surface area contributed by atoms with Crippen LogP contribution in [0, 0.1) is 0 Å². The van der Waals surface area contributed by atoms with Crippen LogP contribution in [0.25, 0.3) is 5.57 Å². The largest absolute Gasteiger partial charge is 0.401 e. The minimum absolute atomic E-state index is 0.881. The highest BCUT2D eigenvalue weighted by molar-refractivity contribution is 5.82. The SMILES string of the molecule is C/C=C/C=C\C1=C(N)Cc2ccccc21. The molecule has 1 aromatic rings. The summed E-state index contributed by atoms with van der Waals surface area (Å²) in [6, 6.07) is 8.38. The summed E-state index contributed by atoms with van der Waals surface area (Å²) >= 11 is 0. The van der Waals surface area contributed by atoms with Crippen LogP contribution in [0.2, 0.25) is 0 Å². The first-order chi connectivity index (χ1) is 7.33. The van der Waals surface area contributed by atoms with Crippen molar-refractivity contribution >= 4 is 5.57 Å². The van der Waals surface area contributed by atoms with Gasteiger partial charge in [-0.2, -0.15) is 0 Å². The molecule has 1 aliphatic rings. The number of benzene rings is 1. The summed E-state index contributed by atoms with van der Waals surface area (Å²) < 4.78 is 0. The van der Waals surface area contributed by atoms with Crippen LogP contribution < -0.4 is 5.73 Å². The molecule has 2 rings (SSSR count). The molecule has 1 aliphatic carbocycles. The second-order valence-electron chi connectivity index (χ2n) is 3.66. The van der Waals surface area contributed by atoms with Crippen molar-refractivity contribution in [3.63, 3.8) is 0 Å². The first-order valence-electron chi connectivity index (χ1n) is 5.19. The van der Waals surface area contributed by atoms with Gasteiger partial charge in [0.25, 0.3) is 0 Å². The summed E-state index contributed by atoms with van der Waals surface area (Å²) in [6.45, 7) is 2.00. The lowest BCUT2D eigenvalue weighted by Gasteiger charge is -1.99. The van der Waals surface area contributed by atoms with Crippen LogP contribution in [0.1, 0.15) is 18.1 Å². The third-order valence-electron chi connectivity index (χ3n) is 2.60. The maximum atomic E-state index is 6.02. The second-order valence-corrected chi connectivity index (χ2v) is 3.66. The van der Waals surface area contributed by atoms with Gasteiger partial charge in [0.1, 0.15) is 0 Å². The average Bonchev–Trinajstić information content (AvgIpc) is 2.56. The number of rotatable bonds is 2. The van der Waals surface area contributed by atoms with Crippen molar-refractivity contribution in [1.29, 1.82) is 0 Å². The monoisotopic (exact) mass is 197 g/mol. The maximum absolute atomic E-state index is 6.02. The molecule has 0 fully saturated rings. The third-order valence-corrected chi connectivity index (χ3v) is 2.60. The minimum atomic E-state index is 0.881. The Kier molecular flexibility index (Phi) is 2.72. The van der Waals surface area contributed by atoms with Gasteiger partial charge in [-0.3, -0.25) is 0 Å². The van der Waals surface area contributed by atoms with E-state index in [1.807, 2.05) is 25.2 Å². The molecule has 0 saturated carbocycles. The Balaban J connectivity index is 2.36. The van der Waals surface area contributed by atoms with E-state index >= 15 is 0 Å². The molecule has 0 unspecified atom stereocenters. The van der Waals surface area contributed by atoms with E-state index in [-0.39, 0.29) is 0 Å². The number of allylic oxidation sites excluding steroid dienone is 6. The van der Waals surface area contributed by atoms with Gasteiger partial charge in [0.2, 0.25) is 0 Å². The molecule has 0 amide bonds. The van der Waals surface area contributed by atoms with Gasteiger partial charge in [0, 0.05) is 17.7 Å². The van der Waals surface area contributed by atoms with Gasteiger partial charge in [-0.25, -0.2) is 0 Å². The number of nitrogens with two attached hydrogens (primary N) is 1. The quantitative estimate of drug-likeness (QED) is 0.724. The topological polar surface area (TPSA) is 26.0 Å². The molecule has 15 heavy (non-hydrogen) atoms. The molecule has 0 radical (unpaired) electrons. The van der Waals surface area contributed by atoms with Crippen molar-refractivity contribution < 1.29 is 0 Å². The van der Waals surface area contributed by atoms with Gasteiger partial charge >= 0.3 is 0 Å². The molecule has 1 aromatic carbocycles. The van der Waals surface area contributed by atoms with E-state index < -0.39 is 0 Å². The van der Waals surface area contributed by atoms with Crippen LogP contribution >= 0.6 is 0 Å². The highest BCUT2D eigenvalue weighted by Crippen LogP contribution is 2.30.